The smallest absolute Gasteiger partial charge is 0.0926 e. The lowest BCUT2D eigenvalue weighted by molar-refractivity contribution is 0.589. The summed E-state index contributed by atoms with van der Waals surface area (Å²) < 4.78 is 1.13. The molecule has 2 aromatic rings. The fourth-order valence-corrected chi connectivity index (χ4v) is 5.26. The van der Waals surface area contributed by atoms with Gasteiger partial charge in [-0.2, -0.15) is 0 Å². The highest BCUT2D eigenvalue weighted by molar-refractivity contribution is 9.14. The summed E-state index contributed by atoms with van der Waals surface area (Å²) in [6, 6.07) is 8.96. The summed E-state index contributed by atoms with van der Waals surface area (Å²) in [4.78, 5) is 5.37. The third-order valence-electron chi connectivity index (χ3n) is 4.78. The molecule has 2 heterocycles. The van der Waals surface area contributed by atoms with E-state index in [9.17, 15) is 0 Å². The Balaban J connectivity index is 1.90. The van der Waals surface area contributed by atoms with Gasteiger partial charge in [-0.05, 0) is 31.6 Å². The number of rotatable bonds is 6. The van der Waals surface area contributed by atoms with Crippen LogP contribution in [0.3, 0.4) is 0 Å². The lowest BCUT2D eigenvalue weighted by atomic mass is 9.99. The second-order valence-electron chi connectivity index (χ2n) is 6.73. The number of benzene rings is 2. The molecule has 2 nitrogen and oxygen atoms in total. The van der Waals surface area contributed by atoms with Gasteiger partial charge in [0.2, 0.25) is 0 Å². The highest BCUT2D eigenvalue weighted by Crippen LogP contribution is 2.20. The molecule has 2 atom stereocenters. The molecule has 0 aliphatic carbocycles. The Hall–Kier alpha value is 0.180. The molecular weight excluding hydrogens is 668 g/mol. The minimum Gasteiger partial charge on any atom is -0.352 e. The lowest BCUT2D eigenvalue weighted by Crippen LogP contribution is -2.38. The number of alkyl halides is 4. The quantitative estimate of drug-likeness (QED) is 0.340. The van der Waals surface area contributed by atoms with Gasteiger partial charge in [-0.1, -0.05) is 88.0 Å². The van der Waals surface area contributed by atoms with E-state index in [4.69, 9.17) is 0 Å². The van der Waals surface area contributed by atoms with Crippen LogP contribution < -0.4 is 20.9 Å². The van der Waals surface area contributed by atoms with Crippen molar-refractivity contribution < 1.29 is 0 Å². The molecule has 2 aromatic carbocycles. The number of nitrogens with zero attached hydrogens (tertiary/aromatic N) is 2. The van der Waals surface area contributed by atoms with Crippen molar-refractivity contribution in [1.82, 2.24) is 9.80 Å². The van der Waals surface area contributed by atoms with Gasteiger partial charge in [0.25, 0.3) is 0 Å². The van der Waals surface area contributed by atoms with Crippen molar-refractivity contribution in [1.29, 1.82) is 0 Å². The number of hydrogen-bond donors (Lipinski definition) is 0. The third-order valence-corrected chi connectivity index (χ3v) is 10.2. The second-order valence-corrected chi connectivity index (χ2v) is 11.4. The van der Waals surface area contributed by atoms with E-state index < -0.39 is 0 Å². The van der Waals surface area contributed by atoms with Gasteiger partial charge in [-0.15, -0.1) is 0 Å². The topological polar surface area (TPSA) is 6.48 Å². The van der Waals surface area contributed by atoms with Crippen LogP contribution in [-0.4, -0.2) is 43.2 Å². The Labute approximate surface area is 200 Å². The van der Waals surface area contributed by atoms with Crippen molar-refractivity contribution in [3.8, 4) is 0 Å². The van der Waals surface area contributed by atoms with E-state index in [0.717, 1.165) is 28.4 Å². The van der Waals surface area contributed by atoms with Crippen LogP contribution in [0.2, 0.25) is 0 Å². The van der Waals surface area contributed by atoms with Crippen molar-refractivity contribution in [2.24, 2.45) is 0 Å². The SMILES string of the molecule is BrCC(Br)CN1C=c2ccc3c4c(ccc(c24)=C1)=C(Br)N(CC(Br)CBr)C=3. The Morgan fingerprint density at radius 2 is 1.30 bits per heavy atom. The molecule has 2 aliphatic heterocycles. The molecule has 2 unspecified atom stereocenters. The maximum absolute atomic E-state index is 3.85. The van der Waals surface area contributed by atoms with E-state index in [2.05, 4.69) is 132 Å². The molecule has 0 saturated carbocycles. The standard InChI is InChI=1S/C20H17Br5N2/c21-5-15(23)10-26-7-12-1-2-14-9-27(11-16(24)6-22)20(25)17-4-3-13(8-26)18(12)19(14)17/h1-4,7-9,15-16H,5-6,10-11H2. The van der Waals surface area contributed by atoms with Crippen LogP contribution in [0.25, 0.3) is 34.0 Å². The van der Waals surface area contributed by atoms with Gasteiger partial charge >= 0.3 is 0 Å². The van der Waals surface area contributed by atoms with Crippen LogP contribution in [0.4, 0.5) is 0 Å². The largest absolute Gasteiger partial charge is 0.352 e. The molecule has 4 rings (SSSR count). The summed E-state index contributed by atoms with van der Waals surface area (Å²) in [7, 11) is 0. The van der Waals surface area contributed by atoms with E-state index >= 15 is 0 Å². The molecule has 142 valence electrons. The minimum atomic E-state index is 0.387. The molecule has 0 bridgehead atoms. The van der Waals surface area contributed by atoms with Crippen LogP contribution in [0.5, 0.6) is 0 Å². The molecule has 0 spiro atoms. The summed E-state index contributed by atoms with van der Waals surface area (Å²) >= 11 is 18.4. The second kappa shape index (κ2) is 8.50. The molecule has 0 amide bonds. The minimum absolute atomic E-state index is 0.387. The summed E-state index contributed by atoms with van der Waals surface area (Å²) in [5.41, 5.74) is 0. The Kier molecular flexibility index (Phi) is 6.44. The van der Waals surface area contributed by atoms with E-state index in [-0.39, 0.29) is 0 Å². The number of halogens is 5. The summed E-state index contributed by atoms with van der Waals surface area (Å²) in [6.45, 7) is 1.84. The maximum Gasteiger partial charge on any atom is 0.0926 e. The zero-order valence-electron chi connectivity index (χ0n) is 14.3. The van der Waals surface area contributed by atoms with E-state index in [1.807, 2.05) is 0 Å². The van der Waals surface area contributed by atoms with Crippen molar-refractivity contribution in [2.45, 2.75) is 9.65 Å². The van der Waals surface area contributed by atoms with E-state index in [0.29, 0.717) is 9.65 Å². The maximum atomic E-state index is 3.85. The molecule has 27 heavy (non-hydrogen) atoms. The fourth-order valence-electron chi connectivity index (χ4n) is 3.62. The average molecular weight is 685 g/mol. The average Bonchev–Trinajstić information content (AvgIpc) is 2.67. The van der Waals surface area contributed by atoms with Crippen molar-refractivity contribution in [3.63, 3.8) is 0 Å². The Morgan fingerprint density at radius 1 is 0.741 bits per heavy atom. The van der Waals surface area contributed by atoms with E-state index in [1.165, 1.54) is 31.6 Å². The van der Waals surface area contributed by atoms with Gasteiger partial charge in [0, 0.05) is 68.0 Å². The first kappa shape index (κ1) is 20.5. The highest BCUT2D eigenvalue weighted by atomic mass is 79.9. The lowest BCUT2D eigenvalue weighted by Gasteiger charge is -2.27. The summed E-state index contributed by atoms with van der Waals surface area (Å²) in [5, 5.41) is 9.62. The number of hydrogen-bond acceptors (Lipinski definition) is 2. The van der Waals surface area contributed by atoms with Gasteiger partial charge in [0.1, 0.15) is 0 Å². The highest BCUT2D eigenvalue weighted by Gasteiger charge is 2.18. The van der Waals surface area contributed by atoms with Crippen LogP contribution in [-0.2, 0) is 0 Å². The first-order valence-electron chi connectivity index (χ1n) is 8.61. The molecule has 0 fully saturated rings. The molecule has 0 saturated heterocycles. The monoisotopic (exact) mass is 680 g/mol. The third kappa shape index (κ3) is 3.96. The molecular formula is C20H17Br5N2. The van der Waals surface area contributed by atoms with Crippen molar-refractivity contribution in [2.75, 3.05) is 23.7 Å². The summed E-state index contributed by atoms with van der Waals surface area (Å²) in [6.07, 6.45) is 6.77. The Morgan fingerprint density at radius 3 is 1.93 bits per heavy atom. The van der Waals surface area contributed by atoms with Crippen LogP contribution in [0, 0.1) is 0 Å². The van der Waals surface area contributed by atoms with Gasteiger partial charge in [0.15, 0.2) is 0 Å². The molecule has 0 N–H and O–H groups in total. The van der Waals surface area contributed by atoms with Crippen LogP contribution >= 0.6 is 79.6 Å². The van der Waals surface area contributed by atoms with Gasteiger partial charge in [0.05, 0.1) is 4.61 Å². The molecule has 2 aliphatic rings. The molecule has 0 radical (unpaired) electrons. The fraction of sp³-hybridized carbons (Fsp3) is 0.300. The van der Waals surface area contributed by atoms with E-state index in [1.54, 1.807) is 0 Å². The first-order valence-corrected chi connectivity index (χ1v) is 13.5. The van der Waals surface area contributed by atoms with Crippen molar-refractivity contribution >= 4 is 114 Å². The van der Waals surface area contributed by atoms with Gasteiger partial charge in [-0.25, -0.2) is 0 Å². The van der Waals surface area contributed by atoms with Crippen molar-refractivity contribution in [3.05, 3.63) is 45.1 Å². The van der Waals surface area contributed by atoms with Crippen LogP contribution in [0.15, 0.2) is 24.3 Å². The zero-order valence-corrected chi connectivity index (χ0v) is 22.2. The molecule has 0 aromatic heterocycles. The summed E-state index contributed by atoms with van der Waals surface area (Å²) in [5.74, 6) is 0. The molecule has 7 heteroatoms. The van der Waals surface area contributed by atoms with Gasteiger partial charge < -0.3 is 9.80 Å². The van der Waals surface area contributed by atoms with Crippen LogP contribution in [0.1, 0.15) is 0 Å². The normalized spacial score (nSPS) is 17.3. The first-order chi connectivity index (χ1) is 13.0. The Bertz CT molecular complexity index is 1110. The zero-order chi connectivity index (χ0) is 19.1. The van der Waals surface area contributed by atoms with Gasteiger partial charge in [-0.3, -0.25) is 0 Å². The predicted molar refractivity (Wildman–Crippen MR) is 135 cm³/mol. The predicted octanol–water partition coefficient (Wildman–Crippen LogP) is 3.46.